The van der Waals surface area contributed by atoms with Crippen LogP contribution in [0, 0.1) is 6.92 Å². The molecule has 0 atom stereocenters. The Bertz CT molecular complexity index is 868. The Balaban J connectivity index is 2.21. The van der Waals surface area contributed by atoms with Crippen molar-refractivity contribution < 1.29 is 22.5 Å². The van der Waals surface area contributed by atoms with Gasteiger partial charge in [0.15, 0.2) is 0 Å². The number of amides is 1. The van der Waals surface area contributed by atoms with Crippen LogP contribution >= 0.6 is 22.9 Å². The van der Waals surface area contributed by atoms with Gasteiger partial charge in [-0.25, -0.2) is 0 Å². The lowest BCUT2D eigenvalue weighted by Gasteiger charge is -2.04. The number of carbonyl (C=O) groups excluding carboxylic acids is 1. The van der Waals surface area contributed by atoms with Crippen molar-refractivity contribution in [3.05, 3.63) is 52.9 Å². The van der Waals surface area contributed by atoms with Crippen LogP contribution in [0.2, 0.25) is 0 Å². The van der Waals surface area contributed by atoms with Crippen molar-refractivity contribution in [1.29, 1.82) is 0 Å². The van der Waals surface area contributed by atoms with E-state index in [-0.39, 0.29) is 22.0 Å². The maximum atomic E-state index is 12.8. The summed E-state index contributed by atoms with van der Waals surface area (Å²) in [5, 5.41) is 6.08. The molecule has 0 spiro atoms. The SMILES string of the molecule is C=C/N=C\C=C(/CCl)NC(=O)c1ccc(-c2noc(C(F)(F)F)c2C)s1. The number of nitrogens with one attached hydrogen (secondary N) is 1. The van der Waals surface area contributed by atoms with Crippen molar-refractivity contribution in [2.75, 3.05) is 5.88 Å². The summed E-state index contributed by atoms with van der Waals surface area (Å²) >= 11 is 6.74. The summed E-state index contributed by atoms with van der Waals surface area (Å²) in [5.74, 6) is -1.55. The quantitative estimate of drug-likeness (QED) is 0.556. The number of allylic oxidation sites excluding steroid dienone is 2. The fourth-order valence-corrected chi connectivity index (χ4v) is 3.03. The topological polar surface area (TPSA) is 67.5 Å². The van der Waals surface area contributed by atoms with Gasteiger partial charge >= 0.3 is 6.18 Å². The lowest BCUT2D eigenvalue weighted by molar-refractivity contribution is -0.156. The average molecular weight is 404 g/mol. The van der Waals surface area contributed by atoms with Crippen molar-refractivity contribution in [2.24, 2.45) is 4.99 Å². The predicted molar refractivity (Wildman–Crippen MR) is 94.5 cm³/mol. The van der Waals surface area contributed by atoms with Crippen LogP contribution in [0.5, 0.6) is 0 Å². The van der Waals surface area contributed by atoms with E-state index in [2.05, 4.69) is 26.6 Å². The first-order chi connectivity index (χ1) is 12.3. The van der Waals surface area contributed by atoms with Gasteiger partial charge in [-0.3, -0.25) is 9.79 Å². The number of thiophene rings is 1. The molecule has 0 radical (unpaired) electrons. The van der Waals surface area contributed by atoms with Gasteiger partial charge in [0.1, 0.15) is 5.69 Å². The van der Waals surface area contributed by atoms with E-state index in [1.54, 1.807) is 0 Å². The van der Waals surface area contributed by atoms with Crippen molar-refractivity contribution in [2.45, 2.75) is 13.1 Å². The molecule has 2 aromatic rings. The van der Waals surface area contributed by atoms with Gasteiger partial charge in [-0.15, -0.1) is 22.9 Å². The Morgan fingerprint density at radius 3 is 2.81 bits per heavy atom. The first-order valence-electron chi connectivity index (χ1n) is 7.12. The van der Waals surface area contributed by atoms with Crippen LogP contribution in [-0.4, -0.2) is 23.2 Å². The van der Waals surface area contributed by atoms with Crippen LogP contribution in [0.4, 0.5) is 13.2 Å². The highest BCUT2D eigenvalue weighted by Gasteiger charge is 2.39. The number of hydrogen-bond acceptors (Lipinski definition) is 5. The summed E-state index contributed by atoms with van der Waals surface area (Å²) in [4.78, 5) is 16.7. The number of nitrogens with zero attached hydrogens (tertiary/aromatic N) is 2. The van der Waals surface area contributed by atoms with Gasteiger partial charge in [0.2, 0.25) is 5.76 Å². The normalized spacial score (nSPS) is 12.6. The molecule has 0 bridgehead atoms. The monoisotopic (exact) mass is 403 g/mol. The zero-order valence-electron chi connectivity index (χ0n) is 13.4. The van der Waals surface area contributed by atoms with Crippen LogP contribution in [-0.2, 0) is 6.18 Å². The minimum Gasteiger partial charge on any atom is -0.351 e. The van der Waals surface area contributed by atoms with Crippen LogP contribution in [0.3, 0.4) is 0 Å². The molecular weight excluding hydrogens is 391 g/mol. The van der Waals surface area contributed by atoms with E-state index in [0.717, 1.165) is 11.3 Å². The first kappa shape index (κ1) is 19.9. The molecule has 10 heteroatoms. The number of aliphatic imine (C=N–C) groups is 1. The summed E-state index contributed by atoms with van der Waals surface area (Å²) in [6.45, 7) is 4.68. The van der Waals surface area contributed by atoms with Crippen LogP contribution in [0.15, 0.2) is 46.2 Å². The Kier molecular flexibility index (Phi) is 6.38. The van der Waals surface area contributed by atoms with Crippen molar-refractivity contribution in [3.63, 3.8) is 0 Å². The minimum atomic E-state index is -4.63. The molecule has 2 aromatic heterocycles. The van der Waals surface area contributed by atoms with E-state index in [9.17, 15) is 18.0 Å². The molecule has 2 heterocycles. The summed E-state index contributed by atoms with van der Waals surface area (Å²) < 4.78 is 42.8. The number of halogens is 4. The highest BCUT2D eigenvalue weighted by atomic mass is 35.5. The number of hydrogen-bond donors (Lipinski definition) is 1. The van der Waals surface area contributed by atoms with E-state index in [0.29, 0.717) is 10.6 Å². The molecule has 1 amide bonds. The second-order valence-corrected chi connectivity index (χ2v) is 6.26. The largest absolute Gasteiger partial charge is 0.452 e. The molecule has 0 saturated carbocycles. The van der Waals surface area contributed by atoms with E-state index < -0.39 is 17.8 Å². The molecule has 1 N–H and O–H groups in total. The predicted octanol–water partition coefficient (Wildman–Crippen LogP) is 4.80. The second-order valence-electron chi connectivity index (χ2n) is 4.91. The number of aromatic nitrogens is 1. The summed E-state index contributed by atoms with van der Waals surface area (Å²) in [6, 6.07) is 2.99. The van der Waals surface area contributed by atoms with Crippen molar-refractivity contribution >= 4 is 35.1 Å². The molecule has 0 aliphatic heterocycles. The molecule has 0 saturated heterocycles. The van der Waals surface area contributed by atoms with Gasteiger partial charge in [0, 0.05) is 23.7 Å². The van der Waals surface area contributed by atoms with E-state index in [1.165, 1.54) is 37.5 Å². The Hall–Kier alpha value is -2.39. The maximum Gasteiger partial charge on any atom is 0.452 e. The highest BCUT2D eigenvalue weighted by molar-refractivity contribution is 7.17. The lowest BCUT2D eigenvalue weighted by atomic mass is 10.2. The summed E-state index contributed by atoms with van der Waals surface area (Å²) in [6.07, 6.45) is -0.369. The molecule has 0 unspecified atom stereocenters. The third kappa shape index (κ3) is 4.61. The fourth-order valence-electron chi connectivity index (χ4n) is 1.94. The lowest BCUT2D eigenvalue weighted by Crippen LogP contribution is -2.22. The van der Waals surface area contributed by atoms with Gasteiger partial charge in [0.05, 0.1) is 15.6 Å². The van der Waals surface area contributed by atoms with Gasteiger partial charge < -0.3 is 9.84 Å². The molecule has 26 heavy (non-hydrogen) atoms. The molecule has 2 rings (SSSR count). The van der Waals surface area contributed by atoms with Gasteiger partial charge in [0.25, 0.3) is 5.91 Å². The van der Waals surface area contributed by atoms with Gasteiger partial charge in [-0.05, 0) is 25.1 Å². The highest BCUT2D eigenvalue weighted by Crippen LogP contribution is 2.38. The van der Waals surface area contributed by atoms with Crippen LogP contribution in [0.1, 0.15) is 21.0 Å². The minimum absolute atomic E-state index is 0.0461. The van der Waals surface area contributed by atoms with E-state index >= 15 is 0 Å². The molecular formula is C16H13ClF3N3O2S. The van der Waals surface area contributed by atoms with Gasteiger partial charge in [-0.1, -0.05) is 11.7 Å². The third-order valence-corrected chi connectivity index (χ3v) is 4.51. The molecule has 0 aromatic carbocycles. The van der Waals surface area contributed by atoms with Crippen LogP contribution < -0.4 is 5.32 Å². The zero-order chi connectivity index (χ0) is 19.3. The van der Waals surface area contributed by atoms with Gasteiger partial charge in [-0.2, -0.15) is 13.2 Å². The molecule has 0 fully saturated rings. The van der Waals surface area contributed by atoms with Crippen molar-refractivity contribution in [3.8, 4) is 10.6 Å². The third-order valence-electron chi connectivity index (χ3n) is 3.13. The summed E-state index contributed by atoms with van der Waals surface area (Å²) in [5.41, 5.74) is 0.329. The standard InChI is InChI=1S/C16H13ClF3N3O2S/c1-3-21-7-6-10(8-17)22-15(24)12-5-4-11(26-12)13-9(2)14(25-23-13)16(18,19)20/h3-7H,1,8H2,2H3,(H,22,24)/b10-6+,21-7-. The summed E-state index contributed by atoms with van der Waals surface area (Å²) in [7, 11) is 0. The Morgan fingerprint density at radius 2 is 2.23 bits per heavy atom. The second kappa shape index (κ2) is 8.33. The maximum absolute atomic E-state index is 12.8. The number of carbonyl (C=O) groups is 1. The number of alkyl halides is 4. The first-order valence-corrected chi connectivity index (χ1v) is 8.47. The number of rotatable bonds is 6. The Morgan fingerprint density at radius 1 is 1.50 bits per heavy atom. The smallest absolute Gasteiger partial charge is 0.351 e. The average Bonchev–Trinajstić information content (AvgIpc) is 3.19. The van der Waals surface area contributed by atoms with Crippen molar-refractivity contribution in [1.82, 2.24) is 10.5 Å². The molecule has 0 aliphatic carbocycles. The van der Waals surface area contributed by atoms with E-state index in [4.69, 9.17) is 11.6 Å². The molecule has 138 valence electrons. The Labute approximate surface area is 155 Å². The molecule has 0 aliphatic rings. The van der Waals surface area contributed by atoms with E-state index in [1.807, 2.05) is 0 Å². The molecule has 5 nitrogen and oxygen atoms in total. The van der Waals surface area contributed by atoms with Crippen LogP contribution in [0.25, 0.3) is 10.6 Å². The zero-order valence-corrected chi connectivity index (χ0v) is 15.0. The fraction of sp³-hybridized carbons (Fsp3) is 0.188.